The summed E-state index contributed by atoms with van der Waals surface area (Å²) in [5.74, 6) is 0.0328. The van der Waals surface area contributed by atoms with Gasteiger partial charge in [-0.15, -0.1) is 0 Å². The van der Waals surface area contributed by atoms with Crippen molar-refractivity contribution in [1.29, 1.82) is 0 Å². The number of hydrogen-bond acceptors (Lipinski definition) is 5. The number of methoxy groups -OCH3 is 3. The Bertz CT molecular complexity index is 1040. The third kappa shape index (κ3) is 3.71. The largest absolute Gasteiger partial charge is 0.493 e. The van der Waals surface area contributed by atoms with Crippen LogP contribution in [0.25, 0.3) is 6.08 Å². The molecule has 0 bridgehead atoms. The molecular weight excluding hydrogens is 394 g/mol. The van der Waals surface area contributed by atoms with Crippen molar-refractivity contribution >= 4 is 35.2 Å². The number of rotatable bonds is 5. The Morgan fingerprint density at radius 2 is 1.72 bits per heavy atom. The molecule has 29 heavy (non-hydrogen) atoms. The third-order valence-corrected chi connectivity index (χ3v) is 4.96. The van der Waals surface area contributed by atoms with Crippen molar-refractivity contribution in [3.8, 4) is 11.5 Å². The number of nitrogens with zero attached hydrogens (tertiary/aromatic N) is 1. The first kappa shape index (κ1) is 20.5. The minimum absolute atomic E-state index is 0.187. The zero-order valence-electron chi connectivity index (χ0n) is 16.5. The third-order valence-electron chi connectivity index (χ3n) is 4.62. The highest BCUT2D eigenvalue weighted by Gasteiger charge is 2.38. The normalized spacial score (nSPS) is 15.1. The number of ether oxygens (including phenoxy) is 3. The van der Waals surface area contributed by atoms with Gasteiger partial charge in [0.1, 0.15) is 0 Å². The summed E-state index contributed by atoms with van der Waals surface area (Å²) in [6.07, 6.45) is 1.60. The van der Waals surface area contributed by atoms with Crippen LogP contribution in [0.15, 0.2) is 59.3 Å². The Morgan fingerprint density at radius 1 is 1.03 bits per heavy atom. The van der Waals surface area contributed by atoms with Crippen LogP contribution in [0.4, 0.5) is 5.69 Å². The van der Waals surface area contributed by atoms with Gasteiger partial charge in [0, 0.05) is 16.8 Å². The molecule has 0 aliphatic carbocycles. The Balaban J connectivity index is 2.16. The fraction of sp³-hybridized carbons (Fsp3) is 0.182. The molecule has 1 heterocycles. The molecule has 0 fully saturated rings. The van der Waals surface area contributed by atoms with Crippen LogP contribution in [0.2, 0.25) is 5.02 Å². The summed E-state index contributed by atoms with van der Waals surface area (Å²) in [5, 5.41) is 0.472. The van der Waals surface area contributed by atoms with E-state index in [1.807, 2.05) is 0 Å². The molecule has 6 nitrogen and oxygen atoms in total. The van der Waals surface area contributed by atoms with Crippen LogP contribution < -0.4 is 14.4 Å². The lowest BCUT2D eigenvalue weighted by Crippen LogP contribution is -2.24. The highest BCUT2D eigenvalue weighted by Crippen LogP contribution is 2.39. The molecule has 0 atom stereocenters. The minimum atomic E-state index is -0.600. The van der Waals surface area contributed by atoms with E-state index in [9.17, 15) is 9.59 Å². The second kappa shape index (κ2) is 8.41. The molecule has 0 saturated heterocycles. The Morgan fingerprint density at radius 3 is 2.34 bits per heavy atom. The van der Waals surface area contributed by atoms with Crippen LogP contribution in [0.3, 0.4) is 0 Å². The molecule has 0 radical (unpaired) electrons. The molecule has 2 aromatic carbocycles. The molecule has 1 aliphatic heterocycles. The highest BCUT2D eigenvalue weighted by molar-refractivity contribution is 6.32. The molecule has 1 amide bonds. The summed E-state index contributed by atoms with van der Waals surface area (Å²) in [6, 6.07) is 12.2. The monoisotopic (exact) mass is 413 g/mol. The zero-order valence-corrected chi connectivity index (χ0v) is 17.2. The SMILES string of the molecule is COC(=O)C1=C(C)N(c2ccc(OC)c(OC)c2)C(=O)/C1=C\c1ccccc1Cl. The molecule has 0 aromatic heterocycles. The molecule has 0 N–H and O–H groups in total. The standard InChI is InChI=1S/C22H20ClNO5/c1-13-20(22(26)29-4)16(11-14-7-5-6-8-17(14)23)21(25)24(13)15-9-10-18(27-2)19(12-15)28-3/h5-12H,1-4H3/b16-11-. The van der Waals surface area contributed by atoms with E-state index >= 15 is 0 Å². The van der Waals surface area contributed by atoms with Gasteiger partial charge in [-0.05, 0) is 36.8 Å². The molecule has 150 valence electrons. The quantitative estimate of drug-likeness (QED) is 0.542. The number of hydrogen-bond donors (Lipinski definition) is 0. The number of carbonyl (C=O) groups excluding carboxylic acids is 2. The van der Waals surface area contributed by atoms with Crippen LogP contribution in [0, 0.1) is 0 Å². The van der Waals surface area contributed by atoms with Crippen molar-refractivity contribution in [3.63, 3.8) is 0 Å². The highest BCUT2D eigenvalue weighted by atomic mass is 35.5. The lowest BCUT2D eigenvalue weighted by atomic mass is 10.0. The predicted octanol–water partition coefficient (Wildman–Crippen LogP) is 4.23. The van der Waals surface area contributed by atoms with Gasteiger partial charge < -0.3 is 14.2 Å². The lowest BCUT2D eigenvalue weighted by molar-refractivity contribution is -0.136. The average molecular weight is 414 g/mol. The van der Waals surface area contributed by atoms with Gasteiger partial charge in [0.2, 0.25) is 0 Å². The van der Waals surface area contributed by atoms with Crippen LogP contribution in [-0.2, 0) is 14.3 Å². The van der Waals surface area contributed by atoms with Crippen molar-refractivity contribution in [1.82, 2.24) is 0 Å². The fourth-order valence-electron chi connectivity index (χ4n) is 3.20. The van der Waals surface area contributed by atoms with Gasteiger partial charge in [-0.1, -0.05) is 29.8 Å². The number of halogens is 1. The summed E-state index contributed by atoms with van der Waals surface area (Å²) < 4.78 is 15.5. The smallest absolute Gasteiger partial charge is 0.340 e. The number of allylic oxidation sites excluding steroid dienone is 1. The summed E-state index contributed by atoms with van der Waals surface area (Å²) >= 11 is 6.24. The molecule has 0 spiro atoms. The van der Waals surface area contributed by atoms with E-state index in [4.69, 9.17) is 25.8 Å². The van der Waals surface area contributed by atoms with Gasteiger partial charge in [0.15, 0.2) is 11.5 Å². The molecule has 2 aromatic rings. The van der Waals surface area contributed by atoms with E-state index in [1.54, 1.807) is 55.5 Å². The Hall–Kier alpha value is -3.25. The second-order valence-corrected chi connectivity index (χ2v) is 6.62. The van der Waals surface area contributed by atoms with Crippen molar-refractivity contribution in [3.05, 3.63) is 69.9 Å². The van der Waals surface area contributed by atoms with Gasteiger partial charge in [-0.25, -0.2) is 4.79 Å². The Kier molecular flexibility index (Phi) is 5.94. The topological polar surface area (TPSA) is 65.1 Å². The van der Waals surface area contributed by atoms with E-state index in [-0.39, 0.29) is 17.1 Å². The number of amides is 1. The maximum atomic E-state index is 13.3. The van der Waals surface area contributed by atoms with E-state index in [0.29, 0.717) is 33.5 Å². The maximum Gasteiger partial charge on any atom is 0.340 e. The minimum Gasteiger partial charge on any atom is -0.493 e. The van der Waals surface area contributed by atoms with Gasteiger partial charge >= 0.3 is 5.97 Å². The molecule has 0 unspecified atom stereocenters. The van der Waals surface area contributed by atoms with Gasteiger partial charge in [0.25, 0.3) is 5.91 Å². The van der Waals surface area contributed by atoms with Crippen LogP contribution in [0.1, 0.15) is 12.5 Å². The first-order valence-corrected chi connectivity index (χ1v) is 9.13. The van der Waals surface area contributed by atoms with E-state index in [0.717, 1.165) is 0 Å². The van der Waals surface area contributed by atoms with E-state index < -0.39 is 5.97 Å². The van der Waals surface area contributed by atoms with Crippen molar-refractivity contribution in [2.75, 3.05) is 26.2 Å². The van der Waals surface area contributed by atoms with Crippen molar-refractivity contribution in [2.24, 2.45) is 0 Å². The fourth-order valence-corrected chi connectivity index (χ4v) is 3.39. The van der Waals surface area contributed by atoms with Gasteiger partial charge in [-0.3, -0.25) is 9.69 Å². The van der Waals surface area contributed by atoms with Crippen LogP contribution in [0.5, 0.6) is 11.5 Å². The van der Waals surface area contributed by atoms with Crippen LogP contribution in [-0.4, -0.2) is 33.2 Å². The Labute approximate surface area is 173 Å². The molecule has 1 aliphatic rings. The molecule has 3 rings (SSSR count). The molecular formula is C22H20ClNO5. The van der Waals surface area contributed by atoms with Crippen molar-refractivity contribution < 1.29 is 23.8 Å². The molecule has 7 heteroatoms. The van der Waals surface area contributed by atoms with Crippen molar-refractivity contribution in [2.45, 2.75) is 6.92 Å². The molecule has 0 saturated carbocycles. The number of benzene rings is 2. The second-order valence-electron chi connectivity index (χ2n) is 6.21. The first-order chi connectivity index (χ1) is 13.9. The number of esters is 1. The van der Waals surface area contributed by atoms with E-state index in [1.165, 1.54) is 26.2 Å². The summed E-state index contributed by atoms with van der Waals surface area (Å²) in [7, 11) is 4.32. The van der Waals surface area contributed by atoms with Gasteiger partial charge in [0.05, 0.1) is 38.2 Å². The summed E-state index contributed by atoms with van der Waals surface area (Å²) in [4.78, 5) is 27.2. The maximum absolute atomic E-state index is 13.3. The summed E-state index contributed by atoms with van der Waals surface area (Å²) in [6.45, 7) is 1.69. The van der Waals surface area contributed by atoms with E-state index in [2.05, 4.69) is 0 Å². The zero-order chi connectivity index (χ0) is 21.1. The van der Waals surface area contributed by atoms with Crippen LogP contribution >= 0.6 is 11.6 Å². The lowest BCUT2D eigenvalue weighted by Gasteiger charge is -2.19. The average Bonchev–Trinajstić information content (AvgIpc) is 2.98. The predicted molar refractivity (Wildman–Crippen MR) is 111 cm³/mol. The number of anilines is 1. The first-order valence-electron chi connectivity index (χ1n) is 8.75. The van der Waals surface area contributed by atoms with Gasteiger partial charge in [-0.2, -0.15) is 0 Å². The number of carbonyl (C=O) groups is 2. The summed E-state index contributed by atoms with van der Waals surface area (Å²) in [5.41, 5.74) is 2.01.